The summed E-state index contributed by atoms with van der Waals surface area (Å²) < 4.78 is 1.07. The number of hydrogen-bond acceptors (Lipinski definition) is 4. The van der Waals surface area contributed by atoms with Crippen molar-refractivity contribution >= 4 is 33.0 Å². The van der Waals surface area contributed by atoms with E-state index in [9.17, 15) is 0 Å². The molecule has 0 saturated heterocycles. The molecule has 0 bridgehead atoms. The highest BCUT2D eigenvalue weighted by Crippen LogP contribution is 2.26. The Morgan fingerprint density at radius 1 is 1.44 bits per heavy atom. The Hall–Kier alpha value is -0.910. The van der Waals surface area contributed by atoms with E-state index in [4.69, 9.17) is 5.73 Å². The molecule has 18 heavy (non-hydrogen) atoms. The minimum atomic E-state index is 0.550. The van der Waals surface area contributed by atoms with Gasteiger partial charge in [0.15, 0.2) is 0 Å². The molecule has 0 atom stereocenters. The standard InChI is InChI=1S/C13H16BrN3S/c1-9-13(18-8-16-9)7-17(2)12-5-11(14)4-3-10(12)6-15/h3-5,8H,6-7,15H2,1-2H3. The number of halogens is 1. The molecule has 1 heterocycles. The van der Waals surface area contributed by atoms with Crippen LogP contribution in [0.4, 0.5) is 5.69 Å². The van der Waals surface area contributed by atoms with Gasteiger partial charge >= 0.3 is 0 Å². The number of nitrogens with two attached hydrogens (primary N) is 1. The minimum Gasteiger partial charge on any atom is -0.369 e. The highest BCUT2D eigenvalue weighted by Gasteiger charge is 2.10. The van der Waals surface area contributed by atoms with Gasteiger partial charge in [-0.15, -0.1) is 11.3 Å². The largest absolute Gasteiger partial charge is 0.369 e. The van der Waals surface area contributed by atoms with Gasteiger partial charge in [0.05, 0.1) is 17.7 Å². The van der Waals surface area contributed by atoms with Crippen LogP contribution in [0.2, 0.25) is 0 Å². The highest BCUT2D eigenvalue weighted by atomic mass is 79.9. The van der Waals surface area contributed by atoms with Crippen molar-refractivity contribution in [2.24, 2.45) is 5.73 Å². The van der Waals surface area contributed by atoms with E-state index in [1.165, 1.54) is 10.6 Å². The molecule has 0 radical (unpaired) electrons. The maximum Gasteiger partial charge on any atom is 0.0798 e. The first kappa shape index (κ1) is 13.5. The van der Waals surface area contributed by atoms with Gasteiger partial charge < -0.3 is 10.6 Å². The number of aromatic nitrogens is 1. The van der Waals surface area contributed by atoms with Crippen LogP contribution in [-0.2, 0) is 13.1 Å². The second-order valence-corrected chi connectivity index (χ2v) is 6.05. The summed E-state index contributed by atoms with van der Waals surface area (Å²) in [5, 5.41) is 0. The van der Waals surface area contributed by atoms with Crippen molar-refractivity contribution in [3.05, 3.63) is 44.3 Å². The zero-order valence-corrected chi connectivity index (χ0v) is 12.9. The highest BCUT2D eigenvalue weighted by molar-refractivity contribution is 9.10. The fourth-order valence-electron chi connectivity index (χ4n) is 1.84. The van der Waals surface area contributed by atoms with Gasteiger partial charge in [0.1, 0.15) is 0 Å². The molecule has 0 unspecified atom stereocenters. The summed E-state index contributed by atoms with van der Waals surface area (Å²) in [4.78, 5) is 7.79. The molecular weight excluding hydrogens is 310 g/mol. The molecule has 0 saturated carbocycles. The number of rotatable bonds is 4. The maximum atomic E-state index is 5.79. The molecule has 0 aliphatic carbocycles. The van der Waals surface area contributed by atoms with Crippen LogP contribution in [-0.4, -0.2) is 12.0 Å². The van der Waals surface area contributed by atoms with Gasteiger partial charge in [-0.05, 0) is 24.6 Å². The van der Waals surface area contributed by atoms with Crippen molar-refractivity contribution in [1.82, 2.24) is 4.98 Å². The Morgan fingerprint density at radius 3 is 2.83 bits per heavy atom. The van der Waals surface area contributed by atoms with Crippen molar-refractivity contribution < 1.29 is 0 Å². The number of thiazole rings is 1. The number of aryl methyl sites for hydroxylation is 1. The number of anilines is 1. The Bertz CT molecular complexity index is 539. The Labute approximate surface area is 120 Å². The summed E-state index contributed by atoms with van der Waals surface area (Å²) in [7, 11) is 2.08. The fraction of sp³-hybridized carbons (Fsp3) is 0.308. The third-order valence-electron chi connectivity index (χ3n) is 2.90. The lowest BCUT2D eigenvalue weighted by atomic mass is 10.1. The van der Waals surface area contributed by atoms with Gasteiger partial charge in [0, 0.05) is 28.6 Å². The predicted octanol–water partition coefficient (Wildman–Crippen LogP) is 3.31. The lowest BCUT2D eigenvalue weighted by Gasteiger charge is -2.22. The molecule has 1 aromatic heterocycles. The van der Waals surface area contributed by atoms with Crippen molar-refractivity contribution in [2.45, 2.75) is 20.0 Å². The van der Waals surface area contributed by atoms with Crippen molar-refractivity contribution in [2.75, 3.05) is 11.9 Å². The quantitative estimate of drug-likeness (QED) is 0.937. The van der Waals surface area contributed by atoms with Crippen molar-refractivity contribution in [3.8, 4) is 0 Å². The van der Waals surface area contributed by atoms with E-state index in [-0.39, 0.29) is 0 Å². The lowest BCUT2D eigenvalue weighted by molar-refractivity contribution is 0.906. The normalized spacial score (nSPS) is 10.7. The summed E-state index contributed by atoms with van der Waals surface area (Å²) in [5.41, 5.74) is 11.1. The van der Waals surface area contributed by atoms with Gasteiger partial charge in [-0.1, -0.05) is 22.0 Å². The van der Waals surface area contributed by atoms with Crippen LogP contribution in [0, 0.1) is 6.92 Å². The number of benzene rings is 1. The molecule has 5 heteroatoms. The van der Waals surface area contributed by atoms with E-state index in [0.717, 1.165) is 22.3 Å². The van der Waals surface area contributed by atoms with Crippen LogP contribution in [0.3, 0.4) is 0 Å². The molecular formula is C13H16BrN3S. The van der Waals surface area contributed by atoms with Crippen LogP contribution in [0.5, 0.6) is 0 Å². The molecule has 2 N–H and O–H groups in total. The van der Waals surface area contributed by atoms with E-state index in [1.54, 1.807) is 11.3 Å². The fourth-order valence-corrected chi connectivity index (χ4v) is 3.02. The summed E-state index contributed by atoms with van der Waals surface area (Å²) >= 11 is 5.20. The zero-order chi connectivity index (χ0) is 13.1. The van der Waals surface area contributed by atoms with Gasteiger partial charge in [-0.2, -0.15) is 0 Å². The molecule has 96 valence electrons. The lowest BCUT2D eigenvalue weighted by Crippen LogP contribution is -2.18. The topological polar surface area (TPSA) is 42.2 Å². The Morgan fingerprint density at radius 2 is 2.22 bits per heavy atom. The minimum absolute atomic E-state index is 0.550. The summed E-state index contributed by atoms with van der Waals surface area (Å²) in [6.45, 7) is 3.46. The predicted molar refractivity (Wildman–Crippen MR) is 81.0 cm³/mol. The first-order chi connectivity index (χ1) is 8.61. The van der Waals surface area contributed by atoms with Gasteiger partial charge in [-0.25, -0.2) is 4.98 Å². The second kappa shape index (κ2) is 5.82. The van der Waals surface area contributed by atoms with Gasteiger partial charge in [-0.3, -0.25) is 0 Å². The van der Waals surface area contributed by atoms with E-state index >= 15 is 0 Å². The average Bonchev–Trinajstić information content (AvgIpc) is 2.75. The molecule has 0 aliphatic rings. The van der Waals surface area contributed by atoms with E-state index in [2.05, 4.69) is 45.0 Å². The summed E-state index contributed by atoms with van der Waals surface area (Å²) in [6, 6.07) is 6.20. The number of nitrogens with zero attached hydrogens (tertiary/aromatic N) is 2. The van der Waals surface area contributed by atoms with Crippen molar-refractivity contribution in [1.29, 1.82) is 0 Å². The van der Waals surface area contributed by atoms with E-state index < -0.39 is 0 Å². The molecule has 1 aromatic carbocycles. The zero-order valence-electron chi connectivity index (χ0n) is 10.5. The summed E-state index contributed by atoms with van der Waals surface area (Å²) in [5.74, 6) is 0. The van der Waals surface area contributed by atoms with Crippen LogP contribution in [0.15, 0.2) is 28.2 Å². The molecule has 2 rings (SSSR count). The smallest absolute Gasteiger partial charge is 0.0798 e. The monoisotopic (exact) mass is 325 g/mol. The average molecular weight is 326 g/mol. The SMILES string of the molecule is Cc1ncsc1CN(C)c1cc(Br)ccc1CN. The molecule has 2 aromatic rings. The Balaban J connectivity index is 2.25. The second-order valence-electron chi connectivity index (χ2n) is 4.19. The van der Waals surface area contributed by atoms with Crippen LogP contribution < -0.4 is 10.6 Å². The molecule has 0 spiro atoms. The van der Waals surface area contributed by atoms with Crippen LogP contribution in [0.25, 0.3) is 0 Å². The number of hydrogen-bond donors (Lipinski definition) is 1. The molecule has 0 amide bonds. The Kier molecular flexibility index (Phi) is 4.37. The maximum absolute atomic E-state index is 5.79. The summed E-state index contributed by atoms with van der Waals surface area (Å²) in [6.07, 6.45) is 0. The van der Waals surface area contributed by atoms with Crippen molar-refractivity contribution in [3.63, 3.8) is 0 Å². The van der Waals surface area contributed by atoms with Gasteiger partial charge in [0.2, 0.25) is 0 Å². The van der Waals surface area contributed by atoms with Crippen LogP contribution in [0.1, 0.15) is 16.1 Å². The molecule has 0 aliphatic heterocycles. The molecule has 0 fully saturated rings. The van der Waals surface area contributed by atoms with Gasteiger partial charge in [0.25, 0.3) is 0 Å². The third-order valence-corrected chi connectivity index (χ3v) is 4.32. The van der Waals surface area contributed by atoms with E-state index in [1.807, 2.05) is 18.5 Å². The third kappa shape index (κ3) is 2.91. The van der Waals surface area contributed by atoms with Crippen LogP contribution >= 0.6 is 27.3 Å². The molecule has 3 nitrogen and oxygen atoms in total. The first-order valence-corrected chi connectivity index (χ1v) is 7.37. The first-order valence-electron chi connectivity index (χ1n) is 5.70. The van der Waals surface area contributed by atoms with E-state index in [0.29, 0.717) is 6.54 Å².